The highest BCUT2D eigenvalue weighted by molar-refractivity contribution is 8.01. The average molecular weight is 377 g/mol. The highest BCUT2D eigenvalue weighted by Crippen LogP contribution is 2.46. The number of aromatic nitrogens is 2. The van der Waals surface area contributed by atoms with E-state index in [9.17, 15) is 4.79 Å². The molecule has 0 saturated carbocycles. The van der Waals surface area contributed by atoms with Gasteiger partial charge in [0.05, 0.1) is 16.5 Å². The maximum Gasteiger partial charge on any atom is 0.253 e. The smallest absolute Gasteiger partial charge is 0.253 e. The van der Waals surface area contributed by atoms with Gasteiger partial charge in [-0.1, -0.05) is 6.07 Å². The molecular weight excluding hydrogens is 358 g/mol. The molecule has 1 aromatic carbocycles. The second-order valence-electron chi connectivity index (χ2n) is 7.20. The summed E-state index contributed by atoms with van der Waals surface area (Å²) >= 11 is 1.93. The number of nitrogens with zero attached hydrogens (tertiary/aromatic N) is 3. The summed E-state index contributed by atoms with van der Waals surface area (Å²) in [7, 11) is 0. The first-order valence-electron chi connectivity index (χ1n) is 9.06. The summed E-state index contributed by atoms with van der Waals surface area (Å²) in [4.78, 5) is 23.2. The van der Waals surface area contributed by atoms with Crippen LogP contribution in [-0.4, -0.2) is 50.5 Å². The number of hydrogen-bond donors (Lipinski definition) is 0. The number of fused-ring (bicyclic) bond motifs is 1. The molecule has 2 aromatic heterocycles. The van der Waals surface area contributed by atoms with Gasteiger partial charge in [0.2, 0.25) is 0 Å². The molecule has 2 saturated heterocycles. The molecule has 4 heterocycles. The van der Waals surface area contributed by atoms with Crippen LogP contribution in [0.3, 0.4) is 0 Å². The third-order valence-corrected chi connectivity index (χ3v) is 6.78. The number of thioether (sulfide) groups is 1. The first-order valence-corrected chi connectivity index (χ1v) is 10.0. The van der Waals surface area contributed by atoms with Crippen LogP contribution in [0.25, 0.3) is 10.9 Å². The van der Waals surface area contributed by atoms with Crippen LogP contribution in [-0.2, 0) is 0 Å². The number of pyridine rings is 2. The number of carbonyl (C=O) groups is 1. The average Bonchev–Trinajstić information content (AvgIpc) is 3.11. The predicted octanol–water partition coefficient (Wildman–Crippen LogP) is 3.41. The second-order valence-corrected chi connectivity index (χ2v) is 8.69. The van der Waals surface area contributed by atoms with Gasteiger partial charge < -0.3 is 9.64 Å². The summed E-state index contributed by atoms with van der Waals surface area (Å²) in [5, 5.41) is 0.999. The fraction of sp³-hybridized carbons (Fsp3) is 0.286. The summed E-state index contributed by atoms with van der Waals surface area (Å²) in [6.07, 6.45) is 6.42. The summed E-state index contributed by atoms with van der Waals surface area (Å²) in [6.45, 7) is 1.57. The van der Waals surface area contributed by atoms with E-state index in [2.05, 4.69) is 9.97 Å². The van der Waals surface area contributed by atoms with E-state index < -0.39 is 0 Å². The SMILES string of the molecule is O=C(c1ccc2ncccc2c1)N1CC2(CC(Oc3cccnc3)CS2)C1. The summed E-state index contributed by atoms with van der Waals surface area (Å²) in [5.41, 5.74) is 1.65. The van der Waals surface area contributed by atoms with Gasteiger partial charge in [0.25, 0.3) is 5.91 Å². The van der Waals surface area contributed by atoms with Crippen LogP contribution in [0.4, 0.5) is 0 Å². The molecule has 0 bridgehead atoms. The molecule has 2 fully saturated rings. The second kappa shape index (κ2) is 6.53. The first-order chi connectivity index (χ1) is 13.2. The minimum atomic E-state index is 0.101. The molecule has 6 heteroatoms. The number of ether oxygens (including phenoxy) is 1. The van der Waals surface area contributed by atoms with Crippen molar-refractivity contribution < 1.29 is 9.53 Å². The zero-order chi connectivity index (χ0) is 18.3. The molecule has 2 aliphatic rings. The lowest BCUT2D eigenvalue weighted by Crippen LogP contribution is -2.60. The van der Waals surface area contributed by atoms with Gasteiger partial charge in [-0.15, -0.1) is 11.8 Å². The van der Waals surface area contributed by atoms with Crippen LogP contribution >= 0.6 is 11.8 Å². The van der Waals surface area contributed by atoms with Crippen molar-refractivity contribution >= 4 is 28.6 Å². The van der Waals surface area contributed by atoms with Gasteiger partial charge in [0.15, 0.2) is 0 Å². The Morgan fingerprint density at radius 1 is 1.19 bits per heavy atom. The Bertz CT molecular complexity index is 989. The lowest BCUT2D eigenvalue weighted by atomic mass is 9.92. The number of likely N-dealkylation sites (tertiary alicyclic amines) is 1. The molecule has 136 valence electrons. The Morgan fingerprint density at radius 2 is 2.07 bits per heavy atom. The predicted molar refractivity (Wildman–Crippen MR) is 106 cm³/mol. The van der Waals surface area contributed by atoms with Crippen LogP contribution in [0.1, 0.15) is 16.8 Å². The maximum atomic E-state index is 12.8. The van der Waals surface area contributed by atoms with Gasteiger partial charge >= 0.3 is 0 Å². The highest BCUT2D eigenvalue weighted by atomic mass is 32.2. The van der Waals surface area contributed by atoms with Gasteiger partial charge in [0, 0.05) is 48.6 Å². The molecule has 5 nitrogen and oxygen atoms in total. The van der Waals surface area contributed by atoms with E-state index in [4.69, 9.17) is 4.74 Å². The maximum absolute atomic E-state index is 12.8. The monoisotopic (exact) mass is 377 g/mol. The van der Waals surface area contributed by atoms with Crippen LogP contribution in [0.15, 0.2) is 61.1 Å². The minimum absolute atomic E-state index is 0.101. The number of benzene rings is 1. The Balaban J connectivity index is 1.23. The van der Waals surface area contributed by atoms with E-state index in [1.54, 1.807) is 18.6 Å². The molecule has 0 N–H and O–H groups in total. The van der Waals surface area contributed by atoms with Gasteiger partial charge in [-0.25, -0.2) is 0 Å². The van der Waals surface area contributed by atoms with Crippen molar-refractivity contribution in [3.8, 4) is 5.75 Å². The molecule has 1 amide bonds. The van der Waals surface area contributed by atoms with E-state index in [0.29, 0.717) is 0 Å². The fourth-order valence-corrected chi connectivity index (χ4v) is 5.42. The van der Waals surface area contributed by atoms with Crippen molar-refractivity contribution in [1.29, 1.82) is 0 Å². The topological polar surface area (TPSA) is 55.3 Å². The Hall–Kier alpha value is -2.60. The molecule has 1 unspecified atom stereocenters. The molecule has 2 aliphatic heterocycles. The first kappa shape index (κ1) is 16.6. The number of rotatable bonds is 3. The summed E-state index contributed by atoms with van der Waals surface area (Å²) < 4.78 is 6.18. The zero-order valence-electron chi connectivity index (χ0n) is 14.7. The van der Waals surface area contributed by atoms with Crippen LogP contribution < -0.4 is 4.74 Å². The zero-order valence-corrected chi connectivity index (χ0v) is 15.6. The van der Waals surface area contributed by atoms with Gasteiger partial charge in [-0.3, -0.25) is 14.8 Å². The van der Waals surface area contributed by atoms with Crippen LogP contribution in [0.5, 0.6) is 5.75 Å². The van der Waals surface area contributed by atoms with E-state index in [1.807, 2.05) is 59.1 Å². The molecule has 1 atom stereocenters. The van der Waals surface area contributed by atoms with Crippen molar-refractivity contribution in [2.45, 2.75) is 17.3 Å². The summed E-state index contributed by atoms with van der Waals surface area (Å²) in [5.74, 6) is 1.87. The molecule has 27 heavy (non-hydrogen) atoms. The van der Waals surface area contributed by atoms with Gasteiger partial charge in [-0.05, 0) is 36.4 Å². The molecule has 5 rings (SSSR count). The quantitative estimate of drug-likeness (QED) is 0.700. The van der Waals surface area contributed by atoms with Gasteiger partial charge in [0.1, 0.15) is 11.9 Å². The van der Waals surface area contributed by atoms with Crippen molar-refractivity contribution in [1.82, 2.24) is 14.9 Å². The van der Waals surface area contributed by atoms with Crippen LogP contribution in [0.2, 0.25) is 0 Å². The van der Waals surface area contributed by atoms with Crippen molar-refractivity contribution in [3.05, 3.63) is 66.6 Å². The van der Waals surface area contributed by atoms with E-state index in [1.165, 1.54) is 0 Å². The van der Waals surface area contributed by atoms with Crippen molar-refractivity contribution in [2.24, 2.45) is 0 Å². The summed E-state index contributed by atoms with van der Waals surface area (Å²) in [6, 6.07) is 13.4. The lowest BCUT2D eigenvalue weighted by Gasteiger charge is -2.47. The standard InChI is InChI=1S/C21H19N3O2S/c25-20(16-5-6-19-15(9-16)3-1-8-23-19)24-13-21(14-24)10-18(12-27-21)26-17-4-2-7-22-11-17/h1-9,11,18H,10,12-14H2. The van der Waals surface area contributed by atoms with E-state index in [-0.39, 0.29) is 16.8 Å². The van der Waals surface area contributed by atoms with E-state index in [0.717, 1.165) is 47.5 Å². The Labute approximate surface area is 161 Å². The molecule has 0 aliphatic carbocycles. The number of hydrogen-bond acceptors (Lipinski definition) is 5. The molecule has 3 aromatic rings. The third kappa shape index (κ3) is 3.14. The Kier molecular flexibility index (Phi) is 4.01. The van der Waals surface area contributed by atoms with Crippen molar-refractivity contribution in [2.75, 3.05) is 18.8 Å². The largest absolute Gasteiger partial charge is 0.488 e. The minimum Gasteiger partial charge on any atom is -0.488 e. The van der Waals surface area contributed by atoms with Crippen LogP contribution in [0, 0.1) is 0 Å². The van der Waals surface area contributed by atoms with Gasteiger partial charge in [-0.2, -0.15) is 0 Å². The molecule has 0 radical (unpaired) electrons. The fourth-order valence-electron chi connectivity index (χ4n) is 3.89. The molecular formula is C21H19N3O2S. The number of amides is 1. The highest BCUT2D eigenvalue weighted by Gasteiger charge is 2.51. The lowest BCUT2D eigenvalue weighted by molar-refractivity contribution is 0.0518. The Morgan fingerprint density at radius 3 is 2.93 bits per heavy atom. The normalized spacial score (nSPS) is 20.6. The number of carbonyl (C=O) groups excluding carboxylic acids is 1. The van der Waals surface area contributed by atoms with E-state index >= 15 is 0 Å². The third-order valence-electron chi connectivity index (χ3n) is 5.21. The molecule has 1 spiro atoms. The van der Waals surface area contributed by atoms with Crippen molar-refractivity contribution in [3.63, 3.8) is 0 Å².